The summed E-state index contributed by atoms with van der Waals surface area (Å²) in [5.74, 6) is -0.718. The number of likely N-dealkylation sites (tertiary alicyclic amines) is 1. The number of aliphatic hydroxyl groups is 1. The van der Waals surface area contributed by atoms with Crippen LogP contribution in [-0.4, -0.2) is 45.7 Å². The van der Waals surface area contributed by atoms with Gasteiger partial charge in [-0.1, -0.05) is 38.3 Å². The average Bonchev–Trinajstić information content (AvgIpc) is 3.03. The van der Waals surface area contributed by atoms with E-state index in [0.717, 1.165) is 50.5 Å². The van der Waals surface area contributed by atoms with Crippen LogP contribution in [0.3, 0.4) is 0 Å². The van der Waals surface area contributed by atoms with Gasteiger partial charge in [-0.15, -0.1) is 0 Å². The Morgan fingerprint density at radius 2 is 2.00 bits per heavy atom. The van der Waals surface area contributed by atoms with Gasteiger partial charge in [-0.25, -0.2) is 4.79 Å². The minimum atomic E-state index is -0.923. The number of benzene rings is 1. The lowest BCUT2D eigenvalue weighted by Gasteiger charge is -2.46. The minimum Gasteiger partial charge on any atom is -0.478 e. The number of amides is 1. The molecule has 1 aliphatic carbocycles. The summed E-state index contributed by atoms with van der Waals surface area (Å²) in [6, 6.07) is 7.11. The molecule has 0 radical (unpaired) electrons. The van der Waals surface area contributed by atoms with Crippen molar-refractivity contribution in [2.24, 2.45) is 5.41 Å². The second-order valence-electron chi connectivity index (χ2n) is 8.94. The van der Waals surface area contributed by atoms with Crippen molar-refractivity contribution in [3.05, 3.63) is 35.4 Å². The normalized spacial score (nSPS) is 21.8. The molecule has 0 spiro atoms. The van der Waals surface area contributed by atoms with Crippen molar-refractivity contribution in [1.82, 2.24) is 4.90 Å². The first kappa shape index (κ1) is 21.8. The summed E-state index contributed by atoms with van der Waals surface area (Å²) < 4.78 is 0. The van der Waals surface area contributed by atoms with Gasteiger partial charge in [-0.3, -0.25) is 4.79 Å². The van der Waals surface area contributed by atoms with E-state index in [1.165, 1.54) is 19.3 Å². The topological polar surface area (TPSA) is 77.8 Å². The van der Waals surface area contributed by atoms with E-state index in [9.17, 15) is 14.7 Å². The number of rotatable bonds is 11. The summed E-state index contributed by atoms with van der Waals surface area (Å²) in [6.45, 7) is 2.86. The smallest absolute Gasteiger partial charge is 0.335 e. The molecule has 1 aromatic rings. The molecule has 1 saturated heterocycles. The molecule has 3 rings (SSSR count). The molecule has 1 aliphatic heterocycles. The fourth-order valence-electron chi connectivity index (χ4n) is 5.03. The van der Waals surface area contributed by atoms with E-state index in [0.29, 0.717) is 13.0 Å². The Morgan fingerprint density at radius 1 is 1.28 bits per heavy atom. The first-order valence-electron chi connectivity index (χ1n) is 11.2. The number of unbranched alkanes of at least 4 members (excludes halogenated alkanes) is 1. The molecule has 2 fully saturated rings. The SMILES string of the molecule is CCCCC1([C@@H](O)CC[C@H]2CCC(=O)N2CCc2ccc(C(=O)O)cc2)CCC1. The van der Waals surface area contributed by atoms with Gasteiger partial charge in [0.2, 0.25) is 5.91 Å². The molecule has 0 aromatic heterocycles. The second kappa shape index (κ2) is 9.75. The summed E-state index contributed by atoms with van der Waals surface area (Å²) in [5, 5.41) is 19.9. The van der Waals surface area contributed by atoms with Crippen molar-refractivity contribution in [2.45, 2.75) is 89.7 Å². The summed E-state index contributed by atoms with van der Waals surface area (Å²) in [7, 11) is 0. The Labute approximate surface area is 174 Å². The number of aliphatic hydroxyl groups excluding tert-OH is 1. The van der Waals surface area contributed by atoms with Crippen LogP contribution in [0.15, 0.2) is 24.3 Å². The lowest BCUT2D eigenvalue weighted by atomic mass is 9.61. The zero-order chi connectivity index (χ0) is 20.9. The molecule has 0 unspecified atom stereocenters. The summed E-state index contributed by atoms with van der Waals surface area (Å²) >= 11 is 0. The van der Waals surface area contributed by atoms with Gasteiger partial charge >= 0.3 is 5.97 Å². The van der Waals surface area contributed by atoms with Gasteiger partial charge < -0.3 is 15.1 Å². The molecule has 2 N–H and O–H groups in total. The van der Waals surface area contributed by atoms with Crippen LogP contribution in [0.5, 0.6) is 0 Å². The van der Waals surface area contributed by atoms with E-state index in [1.54, 1.807) is 12.1 Å². The van der Waals surface area contributed by atoms with Crippen molar-refractivity contribution < 1.29 is 19.8 Å². The van der Waals surface area contributed by atoms with Crippen LogP contribution >= 0.6 is 0 Å². The zero-order valence-electron chi connectivity index (χ0n) is 17.6. The molecule has 1 saturated carbocycles. The average molecular weight is 402 g/mol. The first-order chi connectivity index (χ1) is 13.9. The first-order valence-corrected chi connectivity index (χ1v) is 11.2. The van der Waals surface area contributed by atoms with Crippen LogP contribution < -0.4 is 0 Å². The van der Waals surface area contributed by atoms with Gasteiger partial charge in [-0.2, -0.15) is 0 Å². The van der Waals surface area contributed by atoms with Gasteiger partial charge in [0.05, 0.1) is 11.7 Å². The molecule has 1 aromatic carbocycles. The fourth-order valence-corrected chi connectivity index (χ4v) is 5.03. The van der Waals surface area contributed by atoms with Gasteiger partial charge in [-0.05, 0) is 68.1 Å². The molecular formula is C24H35NO4. The maximum atomic E-state index is 12.4. The summed E-state index contributed by atoms with van der Waals surface area (Å²) in [4.78, 5) is 25.3. The molecule has 5 heteroatoms. The standard InChI is InChI=1S/C24H35NO4/c1-2-3-14-24(15-4-16-24)21(26)11-9-20-10-12-22(27)25(20)17-13-18-5-7-19(8-6-18)23(28)29/h5-8,20-21,26H,2-4,9-17H2,1H3,(H,28,29)/t20-,21-/m0/s1. The van der Waals surface area contributed by atoms with Crippen molar-refractivity contribution >= 4 is 11.9 Å². The summed E-state index contributed by atoms with van der Waals surface area (Å²) in [6.07, 6.45) is 10.6. The Bertz CT molecular complexity index is 695. The maximum Gasteiger partial charge on any atom is 0.335 e. The van der Waals surface area contributed by atoms with E-state index in [-0.39, 0.29) is 29.0 Å². The number of carboxylic acid groups (broad SMARTS) is 1. The van der Waals surface area contributed by atoms with Crippen LogP contribution in [0.1, 0.15) is 87.1 Å². The Kier molecular flexibility index (Phi) is 7.33. The highest BCUT2D eigenvalue weighted by Gasteiger charge is 2.43. The lowest BCUT2D eigenvalue weighted by Crippen LogP contribution is -2.42. The van der Waals surface area contributed by atoms with Crippen LogP contribution in [0, 0.1) is 5.41 Å². The van der Waals surface area contributed by atoms with Gasteiger partial charge in [0, 0.05) is 19.0 Å². The van der Waals surface area contributed by atoms with Crippen molar-refractivity contribution in [1.29, 1.82) is 0 Å². The predicted octanol–water partition coefficient (Wildman–Crippen LogP) is 4.42. The highest BCUT2D eigenvalue weighted by molar-refractivity contribution is 5.87. The molecule has 160 valence electrons. The van der Waals surface area contributed by atoms with E-state index < -0.39 is 5.97 Å². The van der Waals surface area contributed by atoms with E-state index in [2.05, 4.69) is 6.92 Å². The van der Waals surface area contributed by atoms with Crippen LogP contribution in [-0.2, 0) is 11.2 Å². The number of carboxylic acids is 1. The predicted molar refractivity (Wildman–Crippen MR) is 113 cm³/mol. The number of hydrogen-bond donors (Lipinski definition) is 2. The maximum absolute atomic E-state index is 12.4. The zero-order valence-corrected chi connectivity index (χ0v) is 17.6. The van der Waals surface area contributed by atoms with E-state index in [1.807, 2.05) is 17.0 Å². The van der Waals surface area contributed by atoms with E-state index >= 15 is 0 Å². The monoisotopic (exact) mass is 401 g/mol. The van der Waals surface area contributed by atoms with Crippen molar-refractivity contribution in [2.75, 3.05) is 6.54 Å². The van der Waals surface area contributed by atoms with Crippen LogP contribution in [0.4, 0.5) is 0 Å². The number of hydrogen-bond acceptors (Lipinski definition) is 3. The minimum absolute atomic E-state index is 0.134. The number of nitrogens with zero attached hydrogens (tertiary/aromatic N) is 1. The highest BCUT2D eigenvalue weighted by Crippen LogP contribution is 2.49. The van der Waals surface area contributed by atoms with Crippen molar-refractivity contribution in [3.63, 3.8) is 0 Å². The molecule has 0 bridgehead atoms. The Morgan fingerprint density at radius 3 is 2.59 bits per heavy atom. The van der Waals surface area contributed by atoms with Gasteiger partial charge in [0.1, 0.15) is 0 Å². The number of carbonyl (C=O) groups is 2. The quantitative estimate of drug-likeness (QED) is 0.575. The Hall–Kier alpha value is -1.88. The molecule has 5 nitrogen and oxygen atoms in total. The third-order valence-electron chi connectivity index (χ3n) is 7.15. The highest BCUT2D eigenvalue weighted by atomic mass is 16.4. The number of aromatic carboxylic acids is 1. The second-order valence-corrected chi connectivity index (χ2v) is 8.94. The molecule has 1 amide bonds. The Balaban J connectivity index is 1.51. The molecule has 1 heterocycles. The number of carbonyl (C=O) groups excluding carboxylic acids is 1. The van der Waals surface area contributed by atoms with Gasteiger partial charge in [0.25, 0.3) is 0 Å². The van der Waals surface area contributed by atoms with E-state index in [4.69, 9.17) is 5.11 Å². The fraction of sp³-hybridized carbons (Fsp3) is 0.667. The largest absolute Gasteiger partial charge is 0.478 e. The van der Waals surface area contributed by atoms with Crippen molar-refractivity contribution in [3.8, 4) is 0 Å². The van der Waals surface area contributed by atoms with Crippen LogP contribution in [0.25, 0.3) is 0 Å². The van der Waals surface area contributed by atoms with Gasteiger partial charge in [0.15, 0.2) is 0 Å². The molecule has 2 atom stereocenters. The summed E-state index contributed by atoms with van der Waals surface area (Å²) in [5.41, 5.74) is 1.46. The third kappa shape index (κ3) is 5.19. The van der Waals surface area contributed by atoms with Crippen LogP contribution in [0.2, 0.25) is 0 Å². The molecule has 29 heavy (non-hydrogen) atoms. The molecular weight excluding hydrogens is 366 g/mol. The third-order valence-corrected chi connectivity index (χ3v) is 7.15. The lowest BCUT2D eigenvalue weighted by molar-refractivity contribution is -0.129. The molecule has 2 aliphatic rings.